The highest BCUT2D eigenvalue weighted by Crippen LogP contribution is 2.28. The van der Waals surface area contributed by atoms with Gasteiger partial charge in [-0.25, -0.2) is 5.43 Å². The molecule has 0 heterocycles. The van der Waals surface area contributed by atoms with Gasteiger partial charge in [-0.1, -0.05) is 36.4 Å². The fourth-order valence-corrected chi connectivity index (χ4v) is 2.80. The number of nitrogens with zero attached hydrogens (tertiary/aromatic N) is 1. The van der Waals surface area contributed by atoms with Crippen LogP contribution in [-0.2, 0) is 11.2 Å². The maximum absolute atomic E-state index is 12.1. The van der Waals surface area contributed by atoms with E-state index in [1.807, 2.05) is 30.3 Å². The number of hydrogen-bond acceptors (Lipinski definition) is 5. The van der Waals surface area contributed by atoms with Crippen LogP contribution in [0.3, 0.4) is 0 Å². The number of carbonyl (C=O) groups is 1. The molecule has 138 valence electrons. The van der Waals surface area contributed by atoms with Crippen LogP contribution >= 0.6 is 0 Å². The van der Waals surface area contributed by atoms with Crippen molar-refractivity contribution in [1.82, 2.24) is 5.43 Å². The molecule has 3 rings (SSSR count). The third-order valence-corrected chi connectivity index (χ3v) is 4.14. The molecule has 3 aromatic carbocycles. The standard InChI is InChI=1S/C21H20N2O4/c1-26-19-10-7-14(11-20(19)27-2)12-21(25)23-22-13-17-16-6-4-3-5-15(16)8-9-18(17)24/h3-11,13,24H,12H2,1-2H3,(H,23,25)/b22-13+. The second kappa shape index (κ2) is 8.23. The number of aromatic hydroxyl groups is 1. The van der Waals surface area contributed by atoms with E-state index in [9.17, 15) is 9.90 Å². The van der Waals surface area contributed by atoms with Gasteiger partial charge in [-0.3, -0.25) is 4.79 Å². The zero-order valence-corrected chi connectivity index (χ0v) is 15.1. The minimum atomic E-state index is -0.279. The predicted octanol–water partition coefficient (Wildman–Crippen LogP) is 3.26. The van der Waals surface area contributed by atoms with Crippen LogP contribution in [0.25, 0.3) is 10.8 Å². The van der Waals surface area contributed by atoms with E-state index >= 15 is 0 Å². The Kier molecular flexibility index (Phi) is 5.56. The van der Waals surface area contributed by atoms with E-state index < -0.39 is 0 Å². The Morgan fingerprint density at radius 3 is 2.63 bits per heavy atom. The van der Waals surface area contributed by atoms with Crippen molar-refractivity contribution in [3.8, 4) is 17.2 Å². The van der Waals surface area contributed by atoms with Crippen molar-refractivity contribution in [2.24, 2.45) is 5.10 Å². The van der Waals surface area contributed by atoms with Gasteiger partial charge in [0.1, 0.15) is 5.75 Å². The van der Waals surface area contributed by atoms with E-state index in [1.54, 1.807) is 38.5 Å². The van der Waals surface area contributed by atoms with Crippen LogP contribution in [0, 0.1) is 0 Å². The average Bonchev–Trinajstić information content (AvgIpc) is 2.69. The number of carbonyl (C=O) groups excluding carboxylic acids is 1. The highest BCUT2D eigenvalue weighted by atomic mass is 16.5. The summed E-state index contributed by atoms with van der Waals surface area (Å²) in [7, 11) is 3.10. The zero-order valence-electron chi connectivity index (χ0n) is 15.1. The first-order valence-electron chi connectivity index (χ1n) is 8.36. The van der Waals surface area contributed by atoms with E-state index in [2.05, 4.69) is 10.5 Å². The van der Waals surface area contributed by atoms with Crippen LogP contribution in [0.4, 0.5) is 0 Å². The molecule has 0 aliphatic heterocycles. The Bertz CT molecular complexity index is 999. The Morgan fingerprint density at radius 1 is 1.07 bits per heavy atom. The highest BCUT2D eigenvalue weighted by molar-refractivity contribution is 6.02. The Hall–Kier alpha value is -3.54. The predicted molar refractivity (Wildman–Crippen MR) is 105 cm³/mol. The Morgan fingerprint density at radius 2 is 1.85 bits per heavy atom. The van der Waals surface area contributed by atoms with Crippen molar-refractivity contribution >= 4 is 22.9 Å². The smallest absolute Gasteiger partial charge is 0.244 e. The lowest BCUT2D eigenvalue weighted by Crippen LogP contribution is -2.19. The quantitative estimate of drug-likeness (QED) is 0.520. The summed E-state index contributed by atoms with van der Waals surface area (Å²) in [4.78, 5) is 12.1. The van der Waals surface area contributed by atoms with Crippen molar-refractivity contribution in [2.45, 2.75) is 6.42 Å². The second-order valence-corrected chi connectivity index (χ2v) is 5.88. The molecule has 0 saturated heterocycles. The monoisotopic (exact) mass is 364 g/mol. The van der Waals surface area contributed by atoms with Crippen molar-refractivity contribution in [3.63, 3.8) is 0 Å². The first-order valence-corrected chi connectivity index (χ1v) is 8.36. The van der Waals surface area contributed by atoms with Gasteiger partial charge in [0.2, 0.25) is 5.91 Å². The van der Waals surface area contributed by atoms with Crippen LogP contribution in [0.2, 0.25) is 0 Å². The molecule has 2 N–H and O–H groups in total. The number of benzene rings is 3. The van der Waals surface area contributed by atoms with Gasteiger partial charge in [0.05, 0.1) is 26.9 Å². The number of hydrogen-bond donors (Lipinski definition) is 2. The van der Waals surface area contributed by atoms with Gasteiger partial charge in [-0.2, -0.15) is 5.10 Å². The number of fused-ring (bicyclic) bond motifs is 1. The van der Waals surface area contributed by atoms with Crippen molar-refractivity contribution in [1.29, 1.82) is 0 Å². The lowest BCUT2D eigenvalue weighted by atomic mass is 10.0. The maximum atomic E-state index is 12.1. The van der Waals surface area contributed by atoms with Gasteiger partial charge in [-0.15, -0.1) is 0 Å². The molecule has 0 bridgehead atoms. The lowest BCUT2D eigenvalue weighted by molar-refractivity contribution is -0.120. The number of nitrogens with one attached hydrogen (secondary N) is 1. The fourth-order valence-electron chi connectivity index (χ4n) is 2.80. The molecule has 0 fully saturated rings. The van der Waals surface area contributed by atoms with Crippen LogP contribution in [-0.4, -0.2) is 31.4 Å². The number of hydrazone groups is 1. The molecule has 0 radical (unpaired) electrons. The van der Waals surface area contributed by atoms with Gasteiger partial charge in [0, 0.05) is 5.56 Å². The minimum absolute atomic E-state index is 0.103. The Balaban J connectivity index is 1.70. The van der Waals surface area contributed by atoms with Crippen molar-refractivity contribution in [2.75, 3.05) is 14.2 Å². The van der Waals surface area contributed by atoms with Crippen molar-refractivity contribution in [3.05, 3.63) is 65.7 Å². The summed E-state index contributed by atoms with van der Waals surface area (Å²) in [6.45, 7) is 0. The molecule has 0 unspecified atom stereocenters. The van der Waals surface area contributed by atoms with E-state index in [0.29, 0.717) is 17.1 Å². The molecule has 0 aliphatic carbocycles. The summed E-state index contributed by atoms with van der Waals surface area (Å²) >= 11 is 0. The number of rotatable bonds is 6. The van der Waals surface area contributed by atoms with Gasteiger partial charge >= 0.3 is 0 Å². The molecule has 6 nitrogen and oxygen atoms in total. The van der Waals surface area contributed by atoms with Crippen LogP contribution in [0.15, 0.2) is 59.7 Å². The lowest BCUT2D eigenvalue weighted by Gasteiger charge is -2.09. The molecule has 0 atom stereocenters. The molecule has 3 aromatic rings. The molecule has 0 saturated carbocycles. The fraction of sp³-hybridized carbons (Fsp3) is 0.143. The van der Waals surface area contributed by atoms with E-state index in [1.165, 1.54) is 6.21 Å². The molecule has 0 aromatic heterocycles. The summed E-state index contributed by atoms with van der Waals surface area (Å²) in [6, 6.07) is 16.4. The van der Waals surface area contributed by atoms with Crippen molar-refractivity contribution < 1.29 is 19.4 Å². The summed E-state index contributed by atoms with van der Waals surface area (Å²) in [5, 5.41) is 15.9. The molecule has 27 heavy (non-hydrogen) atoms. The van der Waals surface area contributed by atoms with Gasteiger partial charge in [0.15, 0.2) is 11.5 Å². The summed E-state index contributed by atoms with van der Waals surface area (Å²) in [5.41, 5.74) is 3.81. The van der Waals surface area contributed by atoms with Crippen LogP contribution in [0.1, 0.15) is 11.1 Å². The average molecular weight is 364 g/mol. The molecule has 1 amide bonds. The number of ether oxygens (including phenoxy) is 2. The van der Waals surface area contributed by atoms with Crippen LogP contribution in [0.5, 0.6) is 17.2 Å². The zero-order chi connectivity index (χ0) is 19.2. The second-order valence-electron chi connectivity index (χ2n) is 5.88. The number of methoxy groups -OCH3 is 2. The van der Waals surface area contributed by atoms with Crippen LogP contribution < -0.4 is 14.9 Å². The highest BCUT2D eigenvalue weighted by Gasteiger charge is 2.08. The first kappa shape index (κ1) is 18.3. The summed E-state index contributed by atoms with van der Waals surface area (Å²) < 4.78 is 10.4. The van der Waals surface area contributed by atoms with Gasteiger partial charge < -0.3 is 14.6 Å². The van der Waals surface area contributed by atoms with Gasteiger partial charge in [-0.05, 0) is 34.5 Å². The summed E-state index contributed by atoms with van der Waals surface area (Å²) in [6.07, 6.45) is 1.59. The third-order valence-electron chi connectivity index (χ3n) is 4.14. The summed E-state index contributed by atoms with van der Waals surface area (Å²) in [5.74, 6) is 0.989. The molecule has 0 aliphatic rings. The van der Waals surface area contributed by atoms with Gasteiger partial charge in [0.25, 0.3) is 0 Å². The molecule has 6 heteroatoms. The van der Waals surface area contributed by atoms with E-state index in [0.717, 1.165) is 16.3 Å². The maximum Gasteiger partial charge on any atom is 0.244 e. The number of phenols is 1. The number of amides is 1. The Labute approximate surface area is 157 Å². The topological polar surface area (TPSA) is 80.2 Å². The first-order chi connectivity index (χ1) is 13.1. The molecular formula is C21H20N2O4. The third kappa shape index (κ3) is 4.17. The molecular weight excluding hydrogens is 344 g/mol. The number of phenolic OH excluding ortho intramolecular Hbond substituents is 1. The largest absolute Gasteiger partial charge is 0.507 e. The molecule has 0 spiro atoms. The van der Waals surface area contributed by atoms with E-state index in [4.69, 9.17) is 9.47 Å². The van der Waals surface area contributed by atoms with E-state index in [-0.39, 0.29) is 18.1 Å². The normalized spacial score (nSPS) is 10.9. The SMILES string of the molecule is COc1ccc(CC(=O)N/N=C/c2c(O)ccc3ccccc23)cc1OC. The minimum Gasteiger partial charge on any atom is -0.507 e.